The maximum Gasteiger partial charge on any atom is 0.303 e. The lowest BCUT2D eigenvalue weighted by Crippen LogP contribution is -2.40. The Morgan fingerprint density at radius 3 is 2.74 bits per heavy atom. The fourth-order valence-corrected chi connectivity index (χ4v) is 2.90. The van der Waals surface area contributed by atoms with Gasteiger partial charge < -0.3 is 5.11 Å². The normalized spacial score (nSPS) is 19.1. The summed E-state index contributed by atoms with van der Waals surface area (Å²) in [6.07, 6.45) is 4.34. The molecule has 1 aliphatic heterocycles. The van der Waals surface area contributed by atoms with Crippen molar-refractivity contribution in [2.45, 2.75) is 51.6 Å². The Hall–Kier alpha value is -1.35. The van der Waals surface area contributed by atoms with Crippen LogP contribution in [-0.4, -0.2) is 28.6 Å². The number of nitrogens with zero attached hydrogens (tertiary/aromatic N) is 1. The monoisotopic (exact) mass is 261 g/mol. The minimum atomic E-state index is -0.684. The molecular weight excluding hydrogens is 238 g/mol. The zero-order valence-electron chi connectivity index (χ0n) is 11.6. The Morgan fingerprint density at radius 1 is 1.32 bits per heavy atom. The van der Waals surface area contributed by atoms with Crippen LogP contribution >= 0.6 is 0 Å². The maximum atomic E-state index is 10.5. The Kier molecular flexibility index (Phi) is 4.97. The van der Waals surface area contributed by atoms with Crippen LogP contribution in [0.5, 0.6) is 0 Å². The van der Waals surface area contributed by atoms with E-state index in [4.69, 9.17) is 5.11 Å². The Bertz CT molecular complexity index is 431. The van der Waals surface area contributed by atoms with Crippen molar-refractivity contribution in [2.24, 2.45) is 0 Å². The van der Waals surface area contributed by atoms with Crippen LogP contribution in [0.1, 0.15) is 43.7 Å². The highest BCUT2D eigenvalue weighted by Gasteiger charge is 2.23. The molecule has 3 nitrogen and oxygen atoms in total. The molecule has 104 valence electrons. The quantitative estimate of drug-likeness (QED) is 0.800. The first-order chi connectivity index (χ1) is 9.20. The van der Waals surface area contributed by atoms with Crippen molar-refractivity contribution in [2.75, 3.05) is 6.54 Å². The molecule has 1 unspecified atom stereocenters. The fourth-order valence-electron chi connectivity index (χ4n) is 2.90. The number of benzene rings is 1. The van der Waals surface area contributed by atoms with E-state index in [0.29, 0.717) is 12.5 Å². The number of hydrogen-bond acceptors (Lipinski definition) is 2. The average Bonchev–Trinajstić information content (AvgIpc) is 2.42. The minimum Gasteiger partial charge on any atom is -0.481 e. The molecule has 1 atom stereocenters. The highest BCUT2D eigenvalue weighted by molar-refractivity contribution is 5.66. The van der Waals surface area contributed by atoms with Gasteiger partial charge in [-0.3, -0.25) is 9.69 Å². The molecule has 0 saturated heterocycles. The molecule has 3 heteroatoms. The second kappa shape index (κ2) is 6.71. The SMILES string of the molecule is CCC1Cc2ccccc2CN1CCCCC(=O)O. The molecule has 0 saturated carbocycles. The highest BCUT2D eigenvalue weighted by atomic mass is 16.4. The first-order valence-corrected chi connectivity index (χ1v) is 7.23. The number of aliphatic carboxylic acids is 1. The first kappa shape index (κ1) is 14.1. The van der Waals surface area contributed by atoms with E-state index in [2.05, 4.69) is 36.1 Å². The molecule has 1 aromatic rings. The predicted octanol–water partition coefficient (Wildman–Crippen LogP) is 3.08. The van der Waals surface area contributed by atoms with Gasteiger partial charge in [-0.05, 0) is 43.4 Å². The van der Waals surface area contributed by atoms with Gasteiger partial charge in [-0.25, -0.2) is 0 Å². The molecule has 1 heterocycles. The summed E-state index contributed by atoms with van der Waals surface area (Å²) in [6.45, 7) is 4.27. The van der Waals surface area contributed by atoms with Crippen LogP contribution in [-0.2, 0) is 17.8 Å². The lowest BCUT2D eigenvalue weighted by atomic mass is 9.92. The number of carboxylic acids is 1. The van der Waals surface area contributed by atoms with Gasteiger partial charge in [0.05, 0.1) is 0 Å². The van der Waals surface area contributed by atoms with E-state index in [9.17, 15) is 4.79 Å². The van der Waals surface area contributed by atoms with E-state index >= 15 is 0 Å². The molecule has 19 heavy (non-hydrogen) atoms. The van der Waals surface area contributed by atoms with Crippen LogP contribution in [0.25, 0.3) is 0 Å². The Labute approximate surface area is 115 Å². The third-order valence-corrected chi connectivity index (χ3v) is 4.02. The number of unbranched alkanes of at least 4 members (excludes halogenated alkanes) is 1. The predicted molar refractivity (Wildman–Crippen MR) is 76.1 cm³/mol. The van der Waals surface area contributed by atoms with Crippen molar-refractivity contribution in [1.82, 2.24) is 4.90 Å². The van der Waals surface area contributed by atoms with Crippen LogP contribution in [0.4, 0.5) is 0 Å². The molecule has 0 spiro atoms. The van der Waals surface area contributed by atoms with Crippen LogP contribution < -0.4 is 0 Å². The molecule has 0 aromatic heterocycles. The first-order valence-electron chi connectivity index (χ1n) is 7.23. The smallest absolute Gasteiger partial charge is 0.303 e. The van der Waals surface area contributed by atoms with E-state index < -0.39 is 5.97 Å². The lowest BCUT2D eigenvalue weighted by molar-refractivity contribution is -0.137. The third kappa shape index (κ3) is 3.80. The molecule has 1 aliphatic rings. The van der Waals surface area contributed by atoms with E-state index in [1.807, 2.05) is 0 Å². The standard InChI is InChI=1S/C16H23NO2/c1-2-15-11-13-7-3-4-8-14(13)12-17(15)10-6-5-9-16(18)19/h3-4,7-8,15H,2,5-6,9-12H2,1H3,(H,18,19). The lowest BCUT2D eigenvalue weighted by Gasteiger charge is -2.36. The summed E-state index contributed by atoms with van der Waals surface area (Å²) < 4.78 is 0. The second-order valence-electron chi connectivity index (χ2n) is 5.36. The molecule has 0 radical (unpaired) electrons. The summed E-state index contributed by atoms with van der Waals surface area (Å²) in [4.78, 5) is 13.0. The van der Waals surface area contributed by atoms with Gasteiger partial charge in [-0.1, -0.05) is 31.2 Å². The van der Waals surface area contributed by atoms with Crippen LogP contribution in [0.2, 0.25) is 0 Å². The summed E-state index contributed by atoms with van der Waals surface area (Å²) in [6, 6.07) is 9.28. The number of carbonyl (C=O) groups is 1. The van der Waals surface area contributed by atoms with Crippen molar-refractivity contribution >= 4 is 5.97 Å². The summed E-state index contributed by atoms with van der Waals surface area (Å²) in [5, 5.41) is 8.67. The van der Waals surface area contributed by atoms with Crippen LogP contribution in [0.3, 0.4) is 0 Å². The average molecular weight is 261 g/mol. The van der Waals surface area contributed by atoms with Crippen molar-refractivity contribution in [1.29, 1.82) is 0 Å². The van der Waals surface area contributed by atoms with Gasteiger partial charge in [0.25, 0.3) is 0 Å². The summed E-state index contributed by atoms with van der Waals surface area (Å²) in [5.74, 6) is -0.684. The van der Waals surface area contributed by atoms with Gasteiger partial charge >= 0.3 is 5.97 Å². The van der Waals surface area contributed by atoms with Crippen molar-refractivity contribution in [3.63, 3.8) is 0 Å². The Balaban J connectivity index is 1.91. The van der Waals surface area contributed by atoms with Gasteiger partial charge in [0.1, 0.15) is 0 Å². The summed E-state index contributed by atoms with van der Waals surface area (Å²) in [5.41, 5.74) is 2.92. The number of fused-ring (bicyclic) bond motifs is 1. The largest absolute Gasteiger partial charge is 0.481 e. The Morgan fingerprint density at radius 2 is 2.05 bits per heavy atom. The number of carboxylic acid groups (broad SMARTS) is 1. The van der Waals surface area contributed by atoms with E-state index in [1.54, 1.807) is 0 Å². The highest BCUT2D eigenvalue weighted by Crippen LogP contribution is 2.25. The molecule has 1 aromatic carbocycles. The molecule has 0 amide bonds. The zero-order chi connectivity index (χ0) is 13.7. The van der Waals surface area contributed by atoms with Gasteiger partial charge in [-0.15, -0.1) is 0 Å². The van der Waals surface area contributed by atoms with E-state index in [-0.39, 0.29) is 0 Å². The molecule has 0 bridgehead atoms. The minimum absolute atomic E-state index is 0.293. The van der Waals surface area contributed by atoms with Crippen molar-refractivity contribution in [3.05, 3.63) is 35.4 Å². The van der Waals surface area contributed by atoms with Gasteiger partial charge in [0.15, 0.2) is 0 Å². The molecule has 0 aliphatic carbocycles. The van der Waals surface area contributed by atoms with Crippen molar-refractivity contribution in [3.8, 4) is 0 Å². The number of hydrogen-bond donors (Lipinski definition) is 1. The summed E-state index contributed by atoms with van der Waals surface area (Å²) >= 11 is 0. The zero-order valence-corrected chi connectivity index (χ0v) is 11.6. The van der Waals surface area contributed by atoms with Crippen molar-refractivity contribution < 1.29 is 9.90 Å². The molecule has 2 rings (SSSR count). The van der Waals surface area contributed by atoms with Gasteiger partial charge in [-0.2, -0.15) is 0 Å². The second-order valence-corrected chi connectivity index (χ2v) is 5.36. The van der Waals surface area contributed by atoms with E-state index in [1.165, 1.54) is 11.1 Å². The van der Waals surface area contributed by atoms with E-state index in [0.717, 1.165) is 38.8 Å². The third-order valence-electron chi connectivity index (χ3n) is 4.02. The van der Waals surface area contributed by atoms with Gasteiger partial charge in [0.2, 0.25) is 0 Å². The molecular formula is C16H23NO2. The molecule has 0 fully saturated rings. The topological polar surface area (TPSA) is 40.5 Å². The maximum absolute atomic E-state index is 10.5. The van der Waals surface area contributed by atoms with Crippen LogP contribution in [0.15, 0.2) is 24.3 Å². The molecule has 1 N–H and O–H groups in total. The van der Waals surface area contributed by atoms with Crippen LogP contribution in [0, 0.1) is 0 Å². The fraction of sp³-hybridized carbons (Fsp3) is 0.562. The summed E-state index contributed by atoms with van der Waals surface area (Å²) in [7, 11) is 0. The number of rotatable bonds is 6. The van der Waals surface area contributed by atoms with Gasteiger partial charge in [0, 0.05) is 19.0 Å².